The second-order valence-corrected chi connectivity index (χ2v) is 7.41. The summed E-state index contributed by atoms with van der Waals surface area (Å²) in [6.45, 7) is 1.88. The van der Waals surface area contributed by atoms with Crippen LogP contribution in [0.15, 0.2) is 57.8 Å². The molecule has 0 aromatic heterocycles. The van der Waals surface area contributed by atoms with E-state index in [1.165, 1.54) is 11.5 Å². The largest absolute Gasteiger partial charge is 0.370 e. The topological polar surface area (TPSA) is 116 Å². The number of guanidine groups is 1. The molecular weight excluding hydrogens is 338 g/mol. The van der Waals surface area contributed by atoms with Crippen LogP contribution in [0.5, 0.6) is 0 Å². The molecule has 2 aromatic rings. The third kappa shape index (κ3) is 3.06. The van der Waals surface area contributed by atoms with E-state index in [-0.39, 0.29) is 16.4 Å². The summed E-state index contributed by atoms with van der Waals surface area (Å²) in [7, 11) is -3.64. The number of rotatable bonds is 3. The lowest BCUT2D eigenvalue weighted by Crippen LogP contribution is -2.24. The van der Waals surface area contributed by atoms with Crippen molar-refractivity contribution >= 4 is 27.3 Å². The van der Waals surface area contributed by atoms with E-state index >= 15 is 0 Å². The van der Waals surface area contributed by atoms with Gasteiger partial charge in [0.1, 0.15) is 0 Å². The smallest absolute Gasteiger partial charge is 0.280 e. The number of carbonyl (C=O) groups is 1. The van der Waals surface area contributed by atoms with Crippen LogP contribution in [0.25, 0.3) is 5.57 Å². The van der Waals surface area contributed by atoms with Gasteiger partial charge in [-0.1, -0.05) is 37.3 Å². The minimum absolute atomic E-state index is 0.0951. The van der Waals surface area contributed by atoms with Crippen LogP contribution in [-0.4, -0.2) is 20.3 Å². The average molecular weight is 355 g/mol. The Balaban J connectivity index is 2.23. The molecule has 128 valence electrons. The second-order valence-electron chi connectivity index (χ2n) is 5.64. The van der Waals surface area contributed by atoms with Gasteiger partial charge in [0.25, 0.3) is 5.91 Å². The Labute approximate surface area is 145 Å². The molecule has 0 bridgehead atoms. The number of benzene rings is 2. The van der Waals surface area contributed by atoms with Gasteiger partial charge in [0.05, 0.1) is 4.90 Å². The van der Waals surface area contributed by atoms with Crippen LogP contribution < -0.4 is 11.5 Å². The molecule has 0 radical (unpaired) electrons. The number of nitrogens with zero attached hydrogens (tertiary/aromatic N) is 1. The fraction of sp³-hybridized carbons (Fsp3) is 0.111. The molecule has 1 aliphatic rings. The summed E-state index contributed by atoms with van der Waals surface area (Å²) < 4.78 is 25.1. The number of sulfone groups is 1. The van der Waals surface area contributed by atoms with Gasteiger partial charge in [-0.2, -0.15) is 4.99 Å². The van der Waals surface area contributed by atoms with E-state index in [0.29, 0.717) is 23.1 Å². The van der Waals surface area contributed by atoms with E-state index in [1.54, 1.807) is 6.07 Å². The van der Waals surface area contributed by atoms with Crippen molar-refractivity contribution in [2.75, 3.05) is 0 Å². The molecule has 7 heteroatoms. The maximum atomic E-state index is 12.6. The number of aliphatic imine (C=N–C) groups is 1. The molecule has 0 unspecified atom stereocenters. The summed E-state index contributed by atoms with van der Waals surface area (Å²) in [5, 5.41) is 1.24. The van der Waals surface area contributed by atoms with Crippen molar-refractivity contribution in [3.63, 3.8) is 0 Å². The molecule has 1 heterocycles. The lowest BCUT2D eigenvalue weighted by atomic mass is 9.94. The quantitative estimate of drug-likeness (QED) is 0.644. The molecule has 6 nitrogen and oxygen atoms in total. The number of carbonyl (C=O) groups excluding carboxylic acids is 1. The molecular formula is C18H17N3O3S. The van der Waals surface area contributed by atoms with Gasteiger partial charge in [0.15, 0.2) is 5.96 Å². The van der Waals surface area contributed by atoms with Crippen molar-refractivity contribution in [1.29, 1.82) is 0 Å². The van der Waals surface area contributed by atoms with Crippen molar-refractivity contribution in [3.8, 4) is 0 Å². The van der Waals surface area contributed by atoms with Crippen molar-refractivity contribution in [2.24, 2.45) is 16.5 Å². The lowest BCUT2D eigenvalue weighted by molar-refractivity contribution is 0.100. The normalized spacial score (nSPS) is 14.5. The summed E-state index contributed by atoms with van der Waals surface area (Å²) in [4.78, 5) is 15.9. The van der Waals surface area contributed by atoms with Gasteiger partial charge in [-0.15, -0.1) is 0 Å². The highest BCUT2D eigenvalue weighted by Crippen LogP contribution is 2.39. The number of hydrogen-bond acceptors (Lipinski definition) is 3. The fourth-order valence-corrected chi connectivity index (χ4v) is 4.32. The van der Waals surface area contributed by atoms with E-state index in [2.05, 4.69) is 4.99 Å². The lowest BCUT2D eigenvalue weighted by Gasteiger charge is -2.11. The zero-order valence-corrected chi connectivity index (χ0v) is 14.4. The zero-order chi connectivity index (χ0) is 18.2. The van der Waals surface area contributed by atoms with Gasteiger partial charge >= 0.3 is 0 Å². The molecule has 0 atom stereocenters. The number of amides is 1. The first-order chi connectivity index (χ1) is 11.8. The van der Waals surface area contributed by atoms with Crippen LogP contribution in [0, 0.1) is 0 Å². The monoisotopic (exact) mass is 355 g/mol. The molecule has 0 saturated heterocycles. The average Bonchev–Trinajstić information content (AvgIpc) is 2.84. The van der Waals surface area contributed by atoms with E-state index in [1.807, 2.05) is 37.3 Å². The maximum absolute atomic E-state index is 12.6. The van der Waals surface area contributed by atoms with Crippen LogP contribution in [-0.2, 0) is 16.3 Å². The summed E-state index contributed by atoms with van der Waals surface area (Å²) in [6, 6.07) is 12.3. The van der Waals surface area contributed by atoms with Crippen molar-refractivity contribution in [1.82, 2.24) is 0 Å². The molecule has 3 rings (SSSR count). The Morgan fingerprint density at radius 3 is 2.40 bits per heavy atom. The fourth-order valence-electron chi connectivity index (χ4n) is 2.86. The Kier molecular flexibility index (Phi) is 4.18. The van der Waals surface area contributed by atoms with Gasteiger partial charge in [-0.05, 0) is 29.7 Å². The first-order valence-electron chi connectivity index (χ1n) is 7.67. The number of nitrogens with two attached hydrogens (primary N) is 2. The standard InChI is InChI=1S/C18H17N3O3S/c1-2-11-8-14-15(12-6-4-3-5-7-12)10-25(23,24)16(14)9-13(11)17(22)21-18(19)20/h3-10H,2H2,1H3,(H4,19,20,21,22). The SMILES string of the molecule is CCc1cc2c(cc1C(=O)N=C(N)N)S(=O)(=O)C=C2c1ccccc1. The van der Waals surface area contributed by atoms with Crippen LogP contribution in [0.4, 0.5) is 0 Å². The van der Waals surface area contributed by atoms with Gasteiger partial charge in [0.2, 0.25) is 9.84 Å². The maximum Gasteiger partial charge on any atom is 0.280 e. The van der Waals surface area contributed by atoms with Crippen molar-refractivity contribution < 1.29 is 13.2 Å². The third-order valence-corrected chi connectivity index (χ3v) is 5.50. The Morgan fingerprint density at radius 2 is 1.80 bits per heavy atom. The second kappa shape index (κ2) is 6.18. The predicted molar refractivity (Wildman–Crippen MR) is 96.7 cm³/mol. The summed E-state index contributed by atoms with van der Waals surface area (Å²) >= 11 is 0. The number of hydrogen-bond donors (Lipinski definition) is 2. The van der Waals surface area contributed by atoms with Crippen molar-refractivity contribution in [3.05, 3.63) is 70.1 Å². The minimum atomic E-state index is -3.64. The molecule has 2 aromatic carbocycles. The van der Waals surface area contributed by atoms with Crippen LogP contribution in [0.3, 0.4) is 0 Å². The molecule has 25 heavy (non-hydrogen) atoms. The Bertz CT molecular complexity index is 1020. The first-order valence-corrected chi connectivity index (χ1v) is 9.21. The molecule has 0 spiro atoms. The molecule has 1 amide bonds. The van der Waals surface area contributed by atoms with Crippen LogP contribution in [0.2, 0.25) is 0 Å². The Hall–Kier alpha value is -2.93. The molecule has 0 fully saturated rings. The molecule has 4 N–H and O–H groups in total. The Morgan fingerprint density at radius 1 is 1.12 bits per heavy atom. The minimum Gasteiger partial charge on any atom is -0.370 e. The number of aryl methyl sites for hydroxylation is 1. The molecule has 0 aliphatic carbocycles. The van der Waals surface area contributed by atoms with E-state index < -0.39 is 15.7 Å². The third-order valence-electron chi connectivity index (χ3n) is 4.00. The van der Waals surface area contributed by atoms with Gasteiger partial charge in [0, 0.05) is 22.1 Å². The number of fused-ring (bicyclic) bond motifs is 1. The van der Waals surface area contributed by atoms with Crippen LogP contribution >= 0.6 is 0 Å². The summed E-state index contributed by atoms with van der Waals surface area (Å²) in [5.74, 6) is -1.01. The highest BCUT2D eigenvalue weighted by Gasteiger charge is 2.30. The van der Waals surface area contributed by atoms with E-state index in [4.69, 9.17) is 11.5 Å². The first kappa shape index (κ1) is 16.9. The van der Waals surface area contributed by atoms with Crippen molar-refractivity contribution in [2.45, 2.75) is 18.2 Å². The van der Waals surface area contributed by atoms with Gasteiger partial charge < -0.3 is 11.5 Å². The highest BCUT2D eigenvalue weighted by molar-refractivity contribution is 7.95. The summed E-state index contributed by atoms with van der Waals surface area (Å²) in [6.07, 6.45) is 0.538. The molecule has 1 aliphatic heterocycles. The van der Waals surface area contributed by atoms with Gasteiger partial charge in [-0.3, -0.25) is 4.79 Å². The molecule has 0 saturated carbocycles. The van der Waals surface area contributed by atoms with Crippen LogP contribution in [0.1, 0.15) is 34.0 Å². The summed E-state index contributed by atoms with van der Waals surface area (Å²) in [5.41, 5.74) is 13.4. The highest BCUT2D eigenvalue weighted by atomic mass is 32.2. The van der Waals surface area contributed by atoms with Gasteiger partial charge in [-0.25, -0.2) is 8.42 Å². The predicted octanol–water partition coefficient (Wildman–Crippen LogP) is 1.84. The van der Waals surface area contributed by atoms with E-state index in [0.717, 1.165) is 5.56 Å². The van der Waals surface area contributed by atoms with E-state index in [9.17, 15) is 13.2 Å². The zero-order valence-electron chi connectivity index (χ0n) is 13.6.